The van der Waals surface area contributed by atoms with Gasteiger partial charge in [-0.25, -0.2) is 0 Å². The number of benzene rings is 2. The Hall–Kier alpha value is -3.23. The van der Waals surface area contributed by atoms with E-state index in [1.54, 1.807) is 17.2 Å². The van der Waals surface area contributed by atoms with Crippen molar-refractivity contribution in [1.29, 1.82) is 0 Å². The number of fused-ring (bicyclic) bond motifs is 1. The second-order valence-corrected chi connectivity index (χ2v) is 7.34. The molecule has 2 aromatic heterocycles. The van der Waals surface area contributed by atoms with Crippen LogP contribution < -0.4 is 4.90 Å². The molecule has 146 valence electrons. The summed E-state index contributed by atoms with van der Waals surface area (Å²) in [5, 5.41) is 27.4. The molecule has 0 fully saturated rings. The second-order valence-electron chi connectivity index (χ2n) is 6.90. The van der Waals surface area contributed by atoms with Crippen LogP contribution in [0.5, 0.6) is 0 Å². The fraction of sp³-hybridized carbons (Fsp3) is 0.200. The molecular weight excluding hydrogens is 390 g/mol. The minimum Gasteiger partial charge on any atom is -0.392 e. The summed E-state index contributed by atoms with van der Waals surface area (Å²) in [4.78, 5) is 3.75. The lowest BCUT2D eigenvalue weighted by atomic mass is 10.1. The molecule has 9 heteroatoms. The Labute approximate surface area is 172 Å². The molecular formula is C20H18ClN7O. The third kappa shape index (κ3) is 3.37. The van der Waals surface area contributed by atoms with Gasteiger partial charge in [-0.3, -0.25) is 4.57 Å². The van der Waals surface area contributed by atoms with Gasteiger partial charge in [-0.15, -0.1) is 10.2 Å². The SMILES string of the molecule is OCc1ccc2c(c1)CN(c1nnc(Cn3nccn3)n1-c1ccc(Cl)cc1)C2. The van der Waals surface area contributed by atoms with Crippen molar-refractivity contribution in [2.24, 2.45) is 0 Å². The number of rotatable bonds is 5. The topological polar surface area (TPSA) is 84.9 Å². The number of aromatic nitrogens is 6. The highest BCUT2D eigenvalue weighted by molar-refractivity contribution is 6.30. The number of aliphatic hydroxyl groups excluding tert-OH is 1. The van der Waals surface area contributed by atoms with Gasteiger partial charge >= 0.3 is 0 Å². The Kier molecular flexibility index (Phi) is 4.49. The molecule has 0 aliphatic carbocycles. The minimum absolute atomic E-state index is 0.0370. The molecule has 0 radical (unpaired) electrons. The van der Waals surface area contributed by atoms with E-state index in [-0.39, 0.29) is 6.61 Å². The van der Waals surface area contributed by atoms with Gasteiger partial charge in [0.2, 0.25) is 5.95 Å². The van der Waals surface area contributed by atoms with Crippen LogP contribution in [0.3, 0.4) is 0 Å². The number of hydrogen-bond acceptors (Lipinski definition) is 6. The second kappa shape index (κ2) is 7.31. The van der Waals surface area contributed by atoms with Crippen molar-refractivity contribution in [3.05, 3.63) is 82.4 Å². The quantitative estimate of drug-likeness (QED) is 0.547. The molecule has 0 atom stereocenters. The highest BCUT2D eigenvalue weighted by atomic mass is 35.5. The molecule has 0 spiro atoms. The first-order valence-corrected chi connectivity index (χ1v) is 9.60. The summed E-state index contributed by atoms with van der Waals surface area (Å²) in [7, 11) is 0. The monoisotopic (exact) mass is 407 g/mol. The number of aliphatic hydroxyl groups is 1. The molecule has 0 amide bonds. The van der Waals surface area contributed by atoms with E-state index in [4.69, 9.17) is 11.6 Å². The van der Waals surface area contributed by atoms with E-state index in [1.807, 2.05) is 41.0 Å². The molecule has 5 rings (SSSR count). The van der Waals surface area contributed by atoms with Crippen LogP contribution in [-0.2, 0) is 26.2 Å². The van der Waals surface area contributed by atoms with Crippen LogP contribution in [0.25, 0.3) is 5.69 Å². The molecule has 0 saturated carbocycles. The van der Waals surface area contributed by atoms with Gasteiger partial charge in [0.1, 0.15) is 6.54 Å². The van der Waals surface area contributed by atoms with Crippen molar-refractivity contribution >= 4 is 17.5 Å². The van der Waals surface area contributed by atoms with Crippen molar-refractivity contribution in [3.63, 3.8) is 0 Å². The molecule has 1 aliphatic rings. The molecule has 0 bridgehead atoms. The van der Waals surface area contributed by atoms with Crippen LogP contribution in [0.2, 0.25) is 5.02 Å². The van der Waals surface area contributed by atoms with E-state index in [9.17, 15) is 5.11 Å². The molecule has 1 aliphatic heterocycles. The van der Waals surface area contributed by atoms with Crippen molar-refractivity contribution in [2.45, 2.75) is 26.2 Å². The number of anilines is 1. The van der Waals surface area contributed by atoms with Crippen LogP contribution in [0.4, 0.5) is 5.95 Å². The van der Waals surface area contributed by atoms with Crippen molar-refractivity contribution in [3.8, 4) is 5.69 Å². The van der Waals surface area contributed by atoms with Crippen LogP contribution in [0.1, 0.15) is 22.5 Å². The van der Waals surface area contributed by atoms with Crippen molar-refractivity contribution in [1.82, 2.24) is 29.8 Å². The van der Waals surface area contributed by atoms with Gasteiger partial charge in [-0.1, -0.05) is 29.8 Å². The smallest absolute Gasteiger partial charge is 0.232 e. The van der Waals surface area contributed by atoms with E-state index >= 15 is 0 Å². The van der Waals surface area contributed by atoms with Gasteiger partial charge in [0.05, 0.1) is 24.7 Å². The number of halogens is 1. The molecule has 8 nitrogen and oxygen atoms in total. The lowest BCUT2D eigenvalue weighted by molar-refractivity contribution is 0.281. The predicted molar refractivity (Wildman–Crippen MR) is 108 cm³/mol. The van der Waals surface area contributed by atoms with E-state index < -0.39 is 0 Å². The highest BCUT2D eigenvalue weighted by Gasteiger charge is 2.26. The lowest BCUT2D eigenvalue weighted by Crippen LogP contribution is -2.20. The Bertz CT molecular complexity index is 1140. The largest absolute Gasteiger partial charge is 0.392 e. The molecule has 3 heterocycles. The molecule has 2 aromatic carbocycles. The van der Waals surface area contributed by atoms with Crippen LogP contribution in [-0.4, -0.2) is 34.9 Å². The Morgan fingerprint density at radius 3 is 2.45 bits per heavy atom. The first-order chi connectivity index (χ1) is 14.2. The summed E-state index contributed by atoms with van der Waals surface area (Å²) in [5.74, 6) is 1.47. The third-order valence-corrected chi connectivity index (χ3v) is 5.26. The summed E-state index contributed by atoms with van der Waals surface area (Å²) in [6.45, 7) is 1.87. The molecule has 4 aromatic rings. The molecule has 0 saturated heterocycles. The maximum absolute atomic E-state index is 9.43. The van der Waals surface area contributed by atoms with Crippen LogP contribution in [0.15, 0.2) is 54.9 Å². The van der Waals surface area contributed by atoms with E-state index in [0.29, 0.717) is 18.1 Å². The number of hydrogen-bond donors (Lipinski definition) is 1. The summed E-state index contributed by atoms with van der Waals surface area (Å²) in [6.07, 6.45) is 3.28. The fourth-order valence-electron chi connectivity index (χ4n) is 3.61. The first kappa shape index (κ1) is 17.8. The first-order valence-electron chi connectivity index (χ1n) is 9.22. The van der Waals surface area contributed by atoms with E-state index in [1.165, 1.54) is 11.1 Å². The highest BCUT2D eigenvalue weighted by Crippen LogP contribution is 2.30. The average Bonchev–Trinajstić information content (AvgIpc) is 3.47. The number of nitrogens with zero attached hydrogens (tertiary/aromatic N) is 7. The minimum atomic E-state index is 0.0370. The third-order valence-electron chi connectivity index (χ3n) is 5.01. The average molecular weight is 408 g/mol. The summed E-state index contributed by atoms with van der Waals surface area (Å²) in [5.41, 5.74) is 4.25. The lowest BCUT2D eigenvalue weighted by Gasteiger charge is -2.18. The van der Waals surface area contributed by atoms with Crippen LogP contribution in [0, 0.1) is 0 Å². The van der Waals surface area contributed by atoms with Gasteiger partial charge < -0.3 is 10.0 Å². The summed E-state index contributed by atoms with van der Waals surface area (Å²) >= 11 is 6.09. The van der Waals surface area contributed by atoms with Gasteiger partial charge in [0.15, 0.2) is 5.82 Å². The van der Waals surface area contributed by atoms with Gasteiger partial charge in [0, 0.05) is 18.1 Å². The maximum Gasteiger partial charge on any atom is 0.232 e. The standard InChI is InChI=1S/C20H18ClN7O/c21-17-3-5-18(6-4-17)28-19(12-27-22-7-8-23-27)24-25-20(28)26-10-15-2-1-14(13-29)9-16(15)11-26/h1-9,29H,10-13H2. The fourth-order valence-corrected chi connectivity index (χ4v) is 3.73. The Morgan fingerprint density at radius 1 is 0.931 bits per heavy atom. The zero-order chi connectivity index (χ0) is 19.8. The maximum atomic E-state index is 9.43. The van der Waals surface area contributed by atoms with Gasteiger partial charge in [0.25, 0.3) is 0 Å². The molecule has 1 N–H and O–H groups in total. The zero-order valence-corrected chi connectivity index (χ0v) is 16.2. The molecule has 0 unspecified atom stereocenters. The van der Waals surface area contributed by atoms with Crippen molar-refractivity contribution < 1.29 is 5.11 Å². The summed E-state index contributed by atoms with van der Waals surface area (Å²) < 4.78 is 2.01. The van der Waals surface area contributed by atoms with Crippen molar-refractivity contribution in [2.75, 3.05) is 4.90 Å². The van der Waals surface area contributed by atoms with Crippen LogP contribution >= 0.6 is 11.6 Å². The van der Waals surface area contributed by atoms with E-state index in [0.717, 1.165) is 29.6 Å². The van der Waals surface area contributed by atoms with E-state index in [2.05, 4.69) is 31.4 Å². The Balaban J connectivity index is 1.54. The predicted octanol–water partition coefficient (Wildman–Crippen LogP) is 2.57. The molecule has 29 heavy (non-hydrogen) atoms. The summed E-state index contributed by atoms with van der Waals surface area (Å²) in [6, 6.07) is 13.7. The Morgan fingerprint density at radius 2 is 1.69 bits per heavy atom. The van der Waals surface area contributed by atoms with Gasteiger partial charge in [-0.05, 0) is 41.0 Å². The zero-order valence-electron chi connectivity index (χ0n) is 15.5. The van der Waals surface area contributed by atoms with Gasteiger partial charge in [-0.2, -0.15) is 15.0 Å². The normalized spacial score (nSPS) is 13.1.